The topological polar surface area (TPSA) is 72.5 Å². The van der Waals surface area contributed by atoms with E-state index in [1.54, 1.807) is 6.92 Å². The minimum Gasteiger partial charge on any atom is -0.466 e. The van der Waals surface area contributed by atoms with E-state index in [1.807, 2.05) is 0 Å². The third-order valence-electron chi connectivity index (χ3n) is 3.49. The van der Waals surface area contributed by atoms with Crippen molar-refractivity contribution >= 4 is 27.6 Å². The number of sulfonamides is 1. The number of carbonyl (C=O) groups excluding carboxylic acids is 1. The van der Waals surface area contributed by atoms with E-state index in [2.05, 4.69) is 4.72 Å². The summed E-state index contributed by atoms with van der Waals surface area (Å²) in [7, 11) is -3.23. The molecule has 0 bridgehead atoms. The lowest BCUT2D eigenvalue weighted by Crippen LogP contribution is -2.40. The molecule has 0 radical (unpaired) electrons. The molecule has 0 spiro atoms. The van der Waals surface area contributed by atoms with E-state index in [4.69, 9.17) is 16.3 Å². The summed E-state index contributed by atoms with van der Waals surface area (Å²) in [6.45, 7) is 2.18. The van der Waals surface area contributed by atoms with E-state index in [1.165, 1.54) is 0 Å². The Kier molecular flexibility index (Phi) is 7.84. The van der Waals surface area contributed by atoms with E-state index in [0.717, 1.165) is 0 Å². The van der Waals surface area contributed by atoms with E-state index < -0.39 is 10.0 Å². The van der Waals surface area contributed by atoms with Crippen molar-refractivity contribution in [2.45, 2.75) is 51.5 Å². The van der Waals surface area contributed by atoms with Gasteiger partial charge in [-0.25, -0.2) is 13.1 Å². The van der Waals surface area contributed by atoms with Crippen molar-refractivity contribution in [1.29, 1.82) is 0 Å². The van der Waals surface area contributed by atoms with Gasteiger partial charge in [-0.05, 0) is 45.4 Å². The zero-order chi connectivity index (χ0) is 15.0. The number of rotatable bonds is 8. The van der Waals surface area contributed by atoms with Crippen LogP contribution < -0.4 is 4.72 Å². The summed E-state index contributed by atoms with van der Waals surface area (Å²) < 4.78 is 31.4. The molecule has 0 heterocycles. The van der Waals surface area contributed by atoms with Crippen LogP contribution in [0.1, 0.15) is 45.4 Å². The minimum atomic E-state index is -3.23. The summed E-state index contributed by atoms with van der Waals surface area (Å²) in [5, 5.41) is 0. The van der Waals surface area contributed by atoms with Gasteiger partial charge in [-0.15, -0.1) is 11.6 Å². The fourth-order valence-electron chi connectivity index (χ4n) is 2.41. The molecule has 20 heavy (non-hydrogen) atoms. The number of ether oxygens (including phenoxy) is 1. The lowest BCUT2D eigenvalue weighted by atomic mass is 9.86. The maximum Gasteiger partial charge on any atom is 0.308 e. The molecule has 0 aliphatic heterocycles. The Bertz CT molecular complexity index is 391. The number of carbonyl (C=O) groups is 1. The zero-order valence-electron chi connectivity index (χ0n) is 11.9. The molecule has 7 heteroatoms. The molecule has 118 valence electrons. The highest BCUT2D eigenvalue weighted by molar-refractivity contribution is 7.89. The van der Waals surface area contributed by atoms with E-state index in [0.29, 0.717) is 51.0 Å². The van der Waals surface area contributed by atoms with Crippen LogP contribution in [0.3, 0.4) is 0 Å². The number of hydrogen-bond acceptors (Lipinski definition) is 4. The molecule has 1 N–H and O–H groups in total. The van der Waals surface area contributed by atoms with Crippen LogP contribution in [0.4, 0.5) is 0 Å². The van der Waals surface area contributed by atoms with Gasteiger partial charge in [-0.1, -0.05) is 0 Å². The van der Waals surface area contributed by atoms with Gasteiger partial charge < -0.3 is 4.74 Å². The molecule has 0 aromatic rings. The first-order valence-electron chi connectivity index (χ1n) is 7.21. The third-order valence-corrected chi connectivity index (χ3v) is 5.28. The fraction of sp³-hybridized carbons (Fsp3) is 0.923. The summed E-state index contributed by atoms with van der Waals surface area (Å²) in [6, 6.07) is -0.0540. The first kappa shape index (κ1) is 17.7. The molecule has 0 saturated heterocycles. The van der Waals surface area contributed by atoms with E-state index in [-0.39, 0.29) is 23.7 Å². The van der Waals surface area contributed by atoms with Gasteiger partial charge >= 0.3 is 5.97 Å². The molecule has 0 amide bonds. The highest BCUT2D eigenvalue weighted by Gasteiger charge is 2.29. The van der Waals surface area contributed by atoms with Crippen LogP contribution in [0, 0.1) is 5.92 Å². The van der Waals surface area contributed by atoms with Gasteiger partial charge in [0.25, 0.3) is 0 Å². The lowest BCUT2D eigenvalue weighted by molar-refractivity contribution is -0.149. The molecule has 0 aromatic carbocycles. The van der Waals surface area contributed by atoms with Crippen molar-refractivity contribution < 1.29 is 17.9 Å². The van der Waals surface area contributed by atoms with Crippen LogP contribution in [-0.4, -0.2) is 38.7 Å². The molecular weight excluding hydrogens is 302 g/mol. The first-order valence-corrected chi connectivity index (χ1v) is 9.39. The van der Waals surface area contributed by atoms with Gasteiger partial charge in [-0.2, -0.15) is 0 Å². The second-order valence-electron chi connectivity index (χ2n) is 5.13. The van der Waals surface area contributed by atoms with Crippen LogP contribution in [-0.2, 0) is 19.6 Å². The average molecular weight is 326 g/mol. The molecule has 0 unspecified atom stereocenters. The number of esters is 1. The molecule has 1 fully saturated rings. The largest absolute Gasteiger partial charge is 0.466 e. The summed E-state index contributed by atoms with van der Waals surface area (Å²) in [4.78, 5) is 11.6. The van der Waals surface area contributed by atoms with Crippen LogP contribution in [0.25, 0.3) is 0 Å². The Balaban J connectivity index is 2.33. The first-order chi connectivity index (χ1) is 9.48. The molecular formula is C13H24ClNO4S. The maximum absolute atomic E-state index is 11.8. The molecule has 1 saturated carbocycles. The number of halogens is 1. The summed E-state index contributed by atoms with van der Waals surface area (Å²) in [5.41, 5.74) is 0. The standard InChI is InChI=1S/C13H24ClNO4S/c1-2-19-13(16)11-5-7-12(8-6-11)15-20(17,18)10-4-3-9-14/h11-12,15H,2-10H2,1H3. The van der Waals surface area contributed by atoms with Crippen molar-refractivity contribution in [3.05, 3.63) is 0 Å². The molecule has 0 aromatic heterocycles. The predicted octanol–water partition coefficient (Wildman–Crippen LogP) is 2.05. The predicted molar refractivity (Wildman–Crippen MR) is 79.3 cm³/mol. The van der Waals surface area contributed by atoms with Gasteiger partial charge in [0.2, 0.25) is 10.0 Å². The second kappa shape index (κ2) is 8.85. The second-order valence-corrected chi connectivity index (χ2v) is 7.38. The van der Waals surface area contributed by atoms with Crippen LogP contribution in [0.15, 0.2) is 0 Å². The van der Waals surface area contributed by atoms with Crippen LogP contribution in [0.5, 0.6) is 0 Å². The lowest BCUT2D eigenvalue weighted by Gasteiger charge is -2.27. The number of unbranched alkanes of at least 4 members (excludes halogenated alkanes) is 1. The number of nitrogens with one attached hydrogen (secondary N) is 1. The Morgan fingerprint density at radius 1 is 1.25 bits per heavy atom. The zero-order valence-corrected chi connectivity index (χ0v) is 13.5. The van der Waals surface area contributed by atoms with Gasteiger partial charge in [0.1, 0.15) is 0 Å². The maximum atomic E-state index is 11.8. The molecule has 1 aliphatic rings. The summed E-state index contributed by atoms with van der Waals surface area (Å²) in [5.74, 6) is 0.375. The highest BCUT2D eigenvalue weighted by atomic mass is 35.5. The molecule has 5 nitrogen and oxygen atoms in total. The minimum absolute atomic E-state index is 0.0540. The highest BCUT2D eigenvalue weighted by Crippen LogP contribution is 2.25. The normalized spacial score (nSPS) is 23.5. The van der Waals surface area contributed by atoms with Crippen LogP contribution in [0.2, 0.25) is 0 Å². The van der Waals surface area contributed by atoms with Gasteiger partial charge in [0.15, 0.2) is 0 Å². The third kappa shape index (κ3) is 6.41. The van der Waals surface area contributed by atoms with Crippen molar-refractivity contribution in [3.8, 4) is 0 Å². The SMILES string of the molecule is CCOC(=O)C1CCC(NS(=O)(=O)CCCCCl)CC1. The van der Waals surface area contributed by atoms with Gasteiger partial charge in [0, 0.05) is 11.9 Å². The van der Waals surface area contributed by atoms with Gasteiger partial charge in [-0.3, -0.25) is 4.79 Å². The van der Waals surface area contributed by atoms with E-state index in [9.17, 15) is 13.2 Å². The van der Waals surface area contributed by atoms with Crippen molar-refractivity contribution in [1.82, 2.24) is 4.72 Å². The quantitative estimate of drug-likeness (QED) is 0.421. The average Bonchev–Trinajstić information content (AvgIpc) is 2.39. The van der Waals surface area contributed by atoms with E-state index >= 15 is 0 Å². The molecule has 1 aliphatic carbocycles. The Labute approximate surface area is 126 Å². The smallest absolute Gasteiger partial charge is 0.308 e. The number of alkyl halides is 1. The van der Waals surface area contributed by atoms with Gasteiger partial charge in [0.05, 0.1) is 18.3 Å². The summed E-state index contributed by atoms with van der Waals surface area (Å²) in [6.07, 6.45) is 4.05. The Hall–Kier alpha value is -0.330. The van der Waals surface area contributed by atoms with Crippen LogP contribution >= 0.6 is 11.6 Å². The monoisotopic (exact) mass is 325 g/mol. The number of hydrogen-bond donors (Lipinski definition) is 1. The molecule has 0 atom stereocenters. The van der Waals surface area contributed by atoms with Crippen molar-refractivity contribution in [3.63, 3.8) is 0 Å². The Morgan fingerprint density at radius 3 is 2.45 bits per heavy atom. The van der Waals surface area contributed by atoms with Crippen molar-refractivity contribution in [2.75, 3.05) is 18.2 Å². The Morgan fingerprint density at radius 2 is 1.90 bits per heavy atom. The fourth-order valence-corrected chi connectivity index (χ4v) is 4.04. The molecule has 1 rings (SSSR count). The van der Waals surface area contributed by atoms with Crippen molar-refractivity contribution in [2.24, 2.45) is 5.92 Å². The summed E-state index contributed by atoms with van der Waals surface area (Å²) >= 11 is 5.53.